The van der Waals surface area contributed by atoms with Gasteiger partial charge in [0, 0.05) is 0 Å². The molecule has 0 fully saturated rings. The first-order valence-corrected chi connectivity index (χ1v) is 0.333. The summed E-state index contributed by atoms with van der Waals surface area (Å²) in [5, 5.41) is 0. The Morgan fingerprint density at radius 3 is 1.00 bits per heavy atom. The van der Waals surface area contributed by atoms with E-state index in [1.54, 1.807) is 0 Å². The number of hydrogen-bond acceptors (Lipinski definition) is 2. The van der Waals surface area contributed by atoms with Crippen LogP contribution in [0.15, 0.2) is 0 Å². The highest BCUT2D eigenvalue weighted by atomic mass is 16.0. The number of rotatable bonds is 0. The van der Waals surface area contributed by atoms with Crippen LogP contribution in [0.2, 0.25) is 0 Å². The van der Waals surface area contributed by atoms with Crippen LogP contribution in [0.5, 0.6) is 0 Å². The maximum absolute atomic E-state index is 4.00. The minimum Gasteiger partial charge on any atom is -0.412 e. The van der Waals surface area contributed by atoms with E-state index < -0.39 is 0 Å². The highest BCUT2D eigenvalue weighted by Crippen LogP contribution is -0.0190. The van der Waals surface area contributed by atoms with Crippen molar-refractivity contribution < 1.29 is 5.48 Å². The molecule has 3 nitrogen and oxygen atoms in total. The smallest absolute Gasteiger partial charge is 0.0814 e. The average molecular weight is 63.9 g/mol. The third kappa shape index (κ3) is 573. The highest BCUT2D eigenvalue weighted by Gasteiger charge is 0.726. The van der Waals surface area contributed by atoms with E-state index in [1.807, 2.05) is 0 Å². The summed E-state index contributed by atoms with van der Waals surface area (Å²) >= 11 is 0. The van der Waals surface area contributed by atoms with Crippen molar-refractivity contribution in [3.63, 3.8) is 0 Å². The summed E-state index contributed by atoms with van der Waals surface area (Å²) in [6.45, 7) is 0. The monoisotopic (exact) mass is 64.1 g/mol. The maximum Gasteiger partial charge on any atom is 0.0814 e. The topological polar surface area (TPSA) is 83.5 Å². The maximum atomic E-state index is 4.00. The van der Waals surface area contributed by atoms with Crippen molar-refractivity contribution in [1.82, 2.24) is 0 Å². The molecule has 0 atom stereocenters. The van der Waals surface area contributed by atoms with E-state index in [-0.39, 0.29) is 13.9 Å². The molecular formula is H9BN2O. The Bertz CT molecular complexity index is 6.00. The highest BCUT2D eigenvalue weighted by molar-refractivity contribution is 5.75. The normalized spacial score (nSPS) is 1.50. The van der Waals surface area contributed by atoms with E-state index in [2.05, 4.69) is 11.7 Å². The molecule has 4 heavy (non-hydrogen) atoms. The van der Waals surface area contributed by atoms with Gasteiger partial charge in [0.2, 0.25) is 0 Å². The van der Waals surface area contributed by atoms with Gasteiger partial charge in [0.25, 0.3) is 0 Å². The lowest BCUT2D eigenvalue weighted by Crippen LogP contribution is -2.02. The minimum absolute atomic E-state index is 0. The first-order chi connectivity index (χ1) is 1.00. The Balaban J connectivity index is -0.00000000500. The Morgan fingerprint density at radius 2 is 1.00 bits per heavy atom. The van der Waals surface area contributed by atoms with E-state index in [0.29, 0.717) is 0 Å². The van der Waals surface area contributed by atoms with Crippen molar-refractivity contribution in [1.29, 1.82) is 0 Å². The zero-order chi connectivity index (χ0) is 2.00. The van der Waals surface area contributed by atoms with E-state index in [4.69, 9.17) is 0 Å². The second kappa shape index (κ2) is 3670. The molecule has 0 aromatic rings. The van der Waals surface area contributed by atoms with Crippen molar-refractivity contribution in [2.45, 2.75) is 0 Å². The van der Waals surface area contributed by atoms with Crippen molar-refractivity contribution in [3.05, 3.63) is 0 Å². The Morgan fingerprint density at radius 1 is 1.00 bits per heavy atom. The summed E-state index contributed by atoms with van der Waals surface area (Å²) in [7, 11) is 0. The number of hydrazine groups is 1. The van der Waals surface area contributed by atoms with E-state index in [9.17, 15) is 0 Å². The molecule has 0 aliphatic heterocycles. The van der Waals surface area contributed by atoms with E-state index in [1.165, 1.54) is 0 Å². The number of hydrogen-bond donors (Lipinski definition) is 2. The van der Waals surface area contributed by atoms with Crippen LogP contribution in [0.1, 0.15) is 0 Å². The van der Waals surface area contributed by atoms with E-state index >= 15 is 0 Å². The molecule has 28 valence electrons. The van der Waals surface area contributed by atoms with Gasteiger partial charge in [-0.25, -0.2) is 0 Å². The Labute approximate surface area is 26.8 Å². The van der Waals surface area contributed by atoms with Crippen LogP contribution in [0.3, 0.4) is 0 Å². The van der Waals surface area contributed by atoms with Gasteiger partial charge in [-0.3, -0.25) is 11.7 Å². The lowest BCUT2D eigenvalue weighted by Gasteiger charge is -1.27. The quantitative estimate of drug-likeness (QED) is 0.177. The molecule has 4 heteroatoms. The van der Waals surface area contributed by atoms with Gasteiger partial charge < -0.3 is 5.48 Å². The van der Waals surface area contributed by atoms with Crippen molar-refractivity contribution >= 4 is 8.41 Å². The van der Waals surface area contributed by atoms with Crippen molar-refractivity contribution in [2.24, 2.45) is 11.7 Å². The molecule has 0 rings (SSSR count). The predicted octanol–water partition coefficient (Wildman–Crippen LogP) is -3.19. The average Bonchev–Trinajstić information content (AvgIpc) is 1.00. The van der Waals surface area contributed by atoms with Crippen LogP contribution >= 0.6 is 0 Å². The number of nitrogens with two attached hydrogens (primary N) is 2. The molecule has 0 unspecified atom stereocenters. The third-order valence-corrected chi connectivity index (χ3v) is 0. The molecule has 0 saturated carbocycles. The second-order valence-corrected chi connectivity index (χ2v) is 0. The Hall–Kier alpha value is -0.0551. The predicted molar refractivity (Wildman–Crippen MR) is 21.9 cm³/mol. The Kier molecular flexibility index (Phi) is 35200. The standard InChI is InChI=1S/BH3.H4N2.H2O/c;1-2;/h1H3;1-2H2;1H2. The zero-order valence-electron chi connectivity index (χ0n) is 1.65. The molecule has 0 aliphatic rings. The fraction of sp³-hybridized carbons (Fsp3) is 0. The molecule has 0 saturated heterocycles. The molecule has 0 spiro atoms. The summed E-state index contributed by atoms with van der Waals surface area (Å²) < 4.78 is 0. The summed E-state index contributed by atoms with van der Waals surface area (Å²) in [6.07, 6.45) is 0. The minimum atomic E-state index is 0. The lowest BCUT2D eigenvalue weighted by atomic mass is 10.8. The molecule has 0 aromatic heterocycles. The molecule has 0 amide bonds. The molecule has 6 N–H and O–H groups in total. The largest absolute Gasteiger partial charge is 0.412 e. The first kappa shape index (κ1) is 38.3. The fourth-order valence-electron chi connectivity index (χ4n) is 0. The lowest BCUT2D eigenvalue weighted by molar-refractivity contribution is 0.824. The van der Waals surface area contributed by atoms with Gasteiger partial charge in [0.05, 0.1) is 8.41 Å². The van der Waals surface area contributed by atoms with Gasteiger partial charge >= 0.3 is 0 Å². The van der Waals surface area contributed by atoms with Crippen LogP contribution in [0.25, 0.3) is 0 Å². The van der Waals surface area contributed by atoms with Gasteiger partial charge in [0.15, 0.2) is 0 Å². The fourth-order valence-corrected chi connectivity index (χ4v) is 0. The van der Waals surface area contributed by atoms with Gasteiger partial charge in [-0.2, -0.15) is 0 Å². The zero-order valence-corrected chi connectivity index (χ0v) is 1.65. The molecule has 0 bridgehead atoms. The van der Waals surface area contributed by atoms with Crippen LogP contribution in [-0.2, 0) is 0 Å². The van der Waals surface area contributed by atoms with Gasteiger partial charge in [-0.1, -0.05) is 0 Å². The van der Waals surface area contributed by atoms with Gasteiger partial charge in [-0.05, 0) is 0 Å². The van der Waals surface area contributed by atoms with Crippen LogP contribution in [-0.4, -0.2) is 13.9 Å². The molecule has 0 aromatic carbocycles. The van der Waals surface area contributed by atoms with Crippen LogP contribution in [0, 0.1) is 0 Å². The van der Waals surface area contributed by atoms with E-state index in [0.717, 1.165) is 0 Å². The molecule has 0 heterocycles. The molecule has 0 aliphatic carbocycles. The summed E-state index contributed by atoms with van der Waals surface area (Å²) in [5.74, 6) is 8.00. The SMILES string of the molecule is B.NN.O. The summed E-state index contributed by atoms with van der Waals surface area (Å²) in [5.41, 5.74) is 0. The third-order valence-electron chi connectivity index (χ3n) is 0. The first-order valence-electron chi connectivity index (χ1n) is 0.333. The van der Waals surface area contributed by atoms with Crippen molar-refractivity contribution in [2.75, 3.05) is 0 Å². The second-order valence-electron chi connectivity index (χ2n) is 0. The van der Waals surface area contributed by atoms with Crippen LogP contribution < -0.4 is 11.7 Å². The van der Waals surface area contributed by atoms with Crippen molar-refractivity contribution in [3.8, 4) is 0 Å². The summed E-state index contributed by atoms with van der Waals surface area (Å²) in [4.78, 5) is 0. The van der Waals surface area contributed by atoms with Crippen LogP contribution in [0.4, 0.5) is 0 Å². The summed E-state index contributed by atoms with van der Waals surface area (Å²) in [6, 6.07) is 0. The van der Waals surface area contributed by atoms with Gasteiger partial charge in [0.1, 0.15) is 0 Å². The molecule has 0 radical (unpaired) electrons. The van der Waals surface area contributed by atoms with Gasteiger partial charge in [-0.15, -0.1) is 0 Å². The molecular weight excluding hydrogens is 54.8 g/mol.